The van der Waals surface area contributed by atoms with Gasteiger partial charge in [-0.1, -0.05) is 0 Å². The largest absolute Gasteiger partial charge is 0.694 e. The van der Waals surface area contributed by atoms with Gasteiger partial charge >= 0.3 is 23.9 Å². The lowest BCUT2D eigenvalue weighted by Gasteiger charge is -2.25. The van der Waals surface area contributed by atoms with E-state index < -0.39 is 123 Å². The first-order chi connectivity index (χ1) is 31.8. The summed E-state index contributed by atoms with van der Waals surface area (Å²) in [6.45, 7) is -2.81. The standard InChI is InChI=1S/C30H36N15O19P3/c31-21-12-23(36-4-34-21)43(6-38-12)27-16(47)15(46)9(60-27)2-58-66(53,54)64-20-11(62-29(18(20)49)45-8-40-14-25(45)41-30(33)42-26(14)50)3-59-67(55,56)63-19-10(1-57-65(51)52)61-28(17(19)48)44-7-39-13-22(32)35-5-37-24(13)44/h4-11,15-20,27-29,46-49H,1-3H2,(H9-,31,32,33,34,35,36,37,41,42,50,51,52,53,54,55,56)/p+1/t9-,10-,11-,15-,16-,17-,18-,19-,20-,27-,28-,29-/m1/s1. The molecule has 0 aromatic carbocycles. The van der Waals surface area contributed by atoms with E-state index in [4.69, 9.17) is 54.0 Å². The highest BCUT2D eigenvalue weighted by Crippen LogP contribution is 2.52. The number of phosphoric acid groups is 2. The predicted octanol–water partition coefficient (Wildman–Crippen LogP) is -3.65. The molecule has 3 fully saturated rings. The summed E-state index contributed by atoms with van der Waals surface area (Å²) in [5, 5.41) is 44.6. The average molecular weight is 1000 g/mol. The van der Waals surface area contributed by atoms with Crippen LogP contribution in [0.5, 0.6) is 0 Å². The number of nitrogen functional groups attached to an aromatic ring is 3. The molecule has 3 aliphatic heterocycles. The number of anilines is 3. The zero-order valence-electron chi connectivity index (χ0n) is 33.5. The van der Waals surface area contributed by atoms with Gasteiger partial charge in [-0.25, -0.2) is 44.0 Å². The lowest BCUT2D eigenvalue weighted by Crippen LogP contribution is -2.37. The number of hydrogen-bond acceptors (Lipinski definition) is 27. The smallest absolute Gasteiger partial charge is 0.387 e. The minimum absolute atomic E-state index is 0.0143. The van der Waals surface area contributed by atoms with Crippen molar-refractivity contribution < 1.29 is 85.6 Å². The summed E-state index contributed by atoms with van der Waals surface area (Å²) in [6, 6.07) is 0. The Morgan fingerprint density at radius 2 is 1.09 bits per heavy atom. The summed E-state index contributed by atoms with van der Waals surface area (Å²) >= 11 is 0. The van der Waals surface area contributed by atoms with Gasteiger partial charge in [0.05, 0.1) is 32.2 Å². The molecule has 15 atom stereocenters. The van der Waals surface area contributed by atoms with E-state index in [1.165, 1.54) is 15.5 Å². The van der Waals surface area contributed by atoms with E-state index in [0.29, 0.717) is 0 Å². The summed E-state index contributed by atoms with van der Waals surface area (Å²) in [6.07, 6.45) is -15.0. The molecular formula is C30H37N15O19P3+. The first-order valence-corrected chi connectivity index (χ1v) is 23.3. The Morgan fingerprint density at radius 1 is 0.642 bits per heavy atom. The Kier molecular flexibility index (Phi) is 12.6. The number of phosphoric ester groups is 2. The molecule has 14 N–H and O–H groups in total. The third kappa shape index (κ3) is 9.01. The van der Waals surface area contributed by atoms with Crippen LogP contribution in [0, 0.1) is 0 Å². The molecule has 6 aromatic rings. The number of nitrogens with one attached hydrogen (secondary N) is 1. The molecule has 3 unspecified atom stereocenters. The molecule has 0 saturated carbocycles. The number of ether oxygens (including phenoxy) is 3. The molecule has 3 aliphatic rings. The Labute approximate surface area is 371 Å². The Morgan fingerprint density at radius 3 is 1.61 bits per heavy atom. The Hall–Kier alpha value is -5.19. The topological polar surface area (TPSA) is 495 Å². The predicted molar refractivity (Wildman–Crippen MR) is 215 cm³/mol. The normalized spacial score (nSPS) is 30.9. The van der Waals surface area contributed by atoms with E-state index >= 15 is 0 Å². The molecule has 3 saturated heterocycles. The van der Waals surface area contributed by atoms with Gasteiger partial charge in [0.25, 0.3) is 5.56 Å². The van der Waals surface area contributed by atoms with Crippen molar-refractivity contribution >= 4 is 75.0 Å². The molecule has 0 radical (unpaired) electrons. The van der Waals surface area contributed by atoms with Crippen molar-refractivity contribution in [1.29, 1.82) is 0 Å². The van der Waals surface area contributed by atoms with Gasteiger partial charge in [0.2, 0.25) is 5.95 Å². The number of imidazole rings is 3. The molecule has 34 nitrogen and oxygen atoms in total. The van der Waals surface area contributed by atoms with Crippen LogP contribution in [0.4, 0.5) is 17.6 Å². The lowest BCUT2D eigenvalue weighted by atomic mass is 10.1. The monoisotopic (exact) mass is 1000 g/mol. The minimum Gasteiger partial charge on any atom is -0.387 e. The lowest BCUT2D eigenvalue weighted by molar-refractivity contribution is -0.0612. The van der Waals surface area contributed by atoms with Crippen LogP contribution in [0.25, 0.3) is 33.5 Å². The highest BCUT2D eigenvalue weighted by atomic mass is 31.2. The molecule has 9 rings (SSSR count). The third-order valence-corrected chi connectivity index (χ3v) is 13.0. The highest BCUT2D eigenvalue weighted by Gasteiger charge is 2.53. The molecular weight excluding hydrogens is 967 g/mol. The van der Waals surface area contributed by atoms with Gasteiger partial charge in [0.1, 0.15) is 85.2 Å². The molecule has 67 heavy (non-hydrogen) atoms. The molecule has 6 aromatic heterocycles. The Bertz CT molecular complexity index is 3000. The maximum absolute atomic E-state index is 13.6. The van der Waals surface area contributed by atoms with Crippen LogP contribution in [-0.4, -0.2) is 168 Å². The van der Waals surface area contributed by atoms with Crippen molar-refractivity contribution in [3.05, 3.63) is 42.0 Å². The van der Waals surface area contributed by atoms with Gasteiger partial charge in [-0.3, -0.25) is 41.6 Å². The Balaban J connectivity index is 0.931. The molecule has 0 amide bonds. The van der Waals surface area contributed by atoms with Crippen molar-refractivity contribution in [2.24, 2.45) is 0 Å². The van der Waals surface area contributed by atoms with E-state index in [9.17, 15) is 53.6 Å². The third-order valence-electron chi connectivity index (χ3n) is 10.7. The number of aromatic amines is 1. The van der Waals surface area contributed by atoms with Crippen molar-refractivity contribution in [2.75, 3.05) is 37.0 Å². The second kappa shape index (κ2) is 18.0. The number of fused-ring (bicyclic) bond motifs is 3. The van der Waals surface area contributed by atoms with Crippen molar-refractivity contribution in [3.8, 4) is 0 Å². The average Bonchev–Trinajstić information content (AvgIpc) is 4.13. The van der Waals surface area contributed by atoms with E-state index in [-0.39, 0.29) is 51.1 Å². The SMILES string of the molecule is Nc1nc2c(ncn2[C@@H]2O[C@H](COP(=O)(O)O[C@H]3[C@@H](O)[C@H](n4cnc5c(N)ncnc54)O[C@@H]3CO[P+](=O)O)[C@@H](OP(=O)(O)OC[C@H]3O[C@@H](n4cnc5c(N)ncnc54)[C@H](O)[C@@H]3O)[C@H]2O)c(=O)[nH]1. The fraction of sp³-hybridized carbons (Fsp3) is 0.500. The second-order valence-corrected chi connectivity index (χ2v) is 18.3. The summed E-state index contributed by atoms with van der Waals surface area (Å²) in [5.74, 6) is -0.391. The van der Waals surface area contributed by atoms with Gasteiger partial charge in [0.15, 0.2) is 52.8 Å². The molecule has 360 valence electrons. The van der Waals surface area contributed by atoms with Crippen molar-refractivity contribution in [3.63, 3.8) is 0 Å². The summed E-state index contributed by atoms with van der Waals surface area (Å²) < 4.78 is 85.4. The first-order valence-electron chi connectivity index (χ1n) is 19.2. The number of rotatable bonds is 16. The van der Waals surface area contributed by atoms with Crippen LogP contribution in [0.3, 0.4) is 0 Å². The molecule has 0 aliphatic carbocycles. The van der Waals surface area contributed by atoms with Crippen LogP contribution in [0.15, 0.2) is 36.4 Å². The number of hydrogen-bond donors (Lipinski definition) is 11. The van der Waals surface area contributed by atoms with Gasteiger partial charge in [-0.2, -0.15) is 4.98 Å². The van der Waals surface area contributed by atoms with E-state index in [0.717, 1.165) is 29.9 Å². The maximum atomic E-state index is 13.6. The van der Waals surface area contributed by atoms with Crippen molar-refractivity contribution in [1.82, 2.24) is 58.6 Å². The zero-order valence-corrected chi connectivity index (χ0v) is 36.1. The zero-order chi connectivity index (χ0) is 47.7. The van der Waals surface area contributed by atoms with Crippen LogP contribution in [-0.2, 0) is 50.5 Å². The number of nitrogens with two attached hydrogens (primary N) is 3. The van der Waals surface area contributed by atoms with E-state index in [1.54, 1.807) is 0 Å². The number of H-pyrrole nitrogens is 1. The fourth-order valence-corrected chi connectivity index (χ4v) is 9.81. The number of aliphatic hydroxyl groups is 4. The minimum atomic E-state index is -5.45. The van der Waals surface area contributed by atoms with Crippen LogP contribution >= 0.6 is 23.9 Å². The van der Waals surface area contributed by atoms with E-state index in [1.807, 2.05) is 0 Å². The number of aromatic nitrogens is 12. The number of aliphatic hydroxyl groups excluding tert-OH is 4. The van der Waals surface area contributed by atoms with Gasteiger partial charge in [0, 0.05) is 4.57 Å². The van der Waals surface area contributed by atoms with Gasteiger partial charge in [-0.15, -0.1) is 9.42 Å². The molecule has 37 heteroatoms. The first kappa shape index (κ1) is 46.9. The van der Waals surface area contributed by atoms with Crippen LogP contribution in [0.2, 0.25) is 0 Å². The second-order valence-electron chi connectivity index (χ2n) is 14.8. The molecule has 0 spiro atoms. The number of nitrogens with zero attached hydrogens (tertiary/aromatic N) is 11. The van der Waals surface area contributed by atoms with Gasteiger partial charge < -0.3 is 61.6 Å². The van der Waals surface area contributed by atoms with Crippen LogP contribution < -0.4 is 22.8 Å². The van der Waals surface area contributed by atoms with Gasteiger partial charge in [-0.05, 0) is 0 Å². The highest BCUT2D eigenvalue weighted by molar-refractivity contribution is 7.47. The fourth-order valence-electron chi connectivity index (χ4n) is 7.61. The summed E-state index contributed by atoms with van der Waals surface area (Å²) in [7, 11) is -14.1. The van der Waals surface area contributed by atoms with Crippen molar-refractivity contribution in [2.45, 2.75) is 73.6 Å². The summed E-state index contributed by atoms with van der Waals surface area (Å²) in [4.78, 5) is 78.1. The maximum Gasteiger partial charge on any atom is 0.694 e. The van der Waals surface area contributed by atoms with E-state index in [2.05, 4.69) is 44.9 Å². The van der Waals surface area contributed by atoms with Crippen LogP contribution in [0.1, 0.15) is 18.7 Å². The molecule has 0 bridgehead atoms. The quantitative estimate of drug-likeness (QED) is 0.0417. The molecule has 9 heterocycles. The summed E-state index contributed by atoms with van der Waals surface area (Å²) in [5.41, 5.74) is 16.6.